The van der Waals surface area contributed by atoms with Crippen LogP contribution >= 0.6 is 0 Å². The van der Waals surface area contributed by atoms with E-state index in [1.54, 1.807) is 18.2 Å². The lowest BCUT2D eigenvalue weighted by Crippen LogP contribution is -2.32. The molecule has 2 aliphatic heterocycles. The number of halogens is 2. The number of rotatable bonds is 5. The van der Waals surface area contributed by atoms with Crippen molar-refractivity contribution in [3.05, 3.63) is 95.2 Å². The van der Waals surface area contributed by atoms with Crippen molar-refractivity contribution in [1.29, 1.82) is 0 Å². The minimum Gasteiger partial charge on any atom is -0.454 e. The third-order valence-corrected chi connectivity index (χ3v) is 5.20. The van der Waals surface area contributed by atoms with Crippen LogP contribution in [-0.2, 0) is 16.1 Å². The fourth-order valence-corrected chi connectivity index (χ4v) is 3.61. The van der Waals surface area contributed by atoms with Crippen LogP contribution in [0, 0.1) is 11.6 Å². The van der Waals surface area contributed by atoms with Crippen LogP contribution in [-0.4, -0.2) is 23.5 Å². The molecular weight excluding hydrogens is 418 g/mol. The van der Waals surface area contributed by atoms with Gasteiger partial charge in [0.1, 0.15) is 17.3 Å². The molecule has 3 aromatic rings. The average molecular weight is 434 g/mol. The van der Waals surface area contributed by atoms with E-state index in [9.17, 15) is 18.4 Å². The molecule has 0 fully saturated rings. The molecule has 0 radical (unpaired) electrons. The van der Waals surface area contributed by atoms with Crippen LogP contribution in [0.1, 0.15) is 11.1 Å². The highest BCUT2D eigenvalue weighted by Gasteiger charge is 2.39. The molecule has 2 amide bonds. The minimum absolute atomic E-state index is 0.0328. The number of nitrogens with one attached hydrogen (secondary N) is 1. The number of carbonyl (C=O) groups excluding carboxylic acids is 2. The maximum absolute atomic E-state index is 13.5. The molecule has 0 aliphatic carbocycles. The fourth-order valence-electron chi connectivity index (χ4n) is 3.61. The molecule has 2 heterocycles. The number of hydrogen-bond donors (Lipinski definition) is 1. The lowest BCUT2D eigenvalue weighted by atomic mass is 10.0. The van der Waals surface area contributed by atoms with Gasteiger partial charge >= 0.3 is 0 Å². The number of amides is 2. The summed E-state index contributed by atoms with van der Waals surface area (Å²) in [4.78, 5) is 27.6. The summed E-state index contributed by atoms with van der Waals surface area (Å²) in [5.74, 6) is -0.859. The summed E-state index contributed by atoms with van der Waals surface area (Å²) in [6.07, 6.45) is 0. The molecular formula is C24H16F2N2O4. The number of ether oxygens (including phenoxy) is 2. The monoisotopic (exact) mass is 434 g/mol. The van der Waals surface area contributed by atoms with E-state index in [2.05, 4.69) is 5.32 Å². The van der Waals surface area contributed by atoms with Crippen molar-refractivity contribution < 1.29 is 27.8 Å². The predicted octanol–water partition coefficient (Wildman–Crippen LogP) is 4.09. The maximum Gasteiger partial charge on any atom is 0.278 e. The van der Waals surface area contributed by atoms with Crippen LogP contribution < -0.4 is 14.8 Å². The molecule has 0 saturated heterocycles. The number of carbonyl (C=O) groups is 2. The summed E-state index contributed by atoms with van der Waals surface area (Å²) >= 11 is 0. The van der Waals surface area contributed by atoms with Crippen molar-refractivity contribution in [3.63, 3.8) is 0 Å². The Kier molecular flexibility index (Phi) is 4.82. The quantitative estimate of drug-likeness (QED) is 0.613. The lowest BCUT2D eigenvalue weighted by Gasteiger charge is -2.15. The topological polar surface area (TPSA) is 67.9 Å². The molecule has 0 bridgehead atoms. The Hall–Kier alpha value is -4.20. The molecule has 8 heteroatoms. The van der Waals surface area contributed by atoms with Crippen LogP contribution in [0.3, 0.4) is 0 Å². The van der Waals surface area contributed by atoms with Gasteiger partial charge in [-0.25, -0.2) is 8.78 Å². The Morgan fingerprint density at radius 3 is 2.19 bits per heavy atom. The number of nitrogens with zero attached hydrogens (tertiary/aromatic N) is 1. The number of hydrogen-bond acceptors (Lipinski definition) is 5. The molecule has 0 aromatic heterocycles. The van der Waals surface area contributed by atoms with Crippen LogP contribution in [0.15, 0.2) is 72.4 Å². The van der Waals surface area contributed by atoms with Gasteiger partial charge in [-0.05, 0) is 47.5 Å². The summed E-state index contributed by atoms with van der Waals surface area (Å²) < 4.78 is 37.4. The van der Waals surface area contributed by atoms with Gasteiger partial charge in [0.25, 0.3) is 11.8 Å². The van der Waals surface area contributed by atoms with Crippen LogP contribution in [0.4, 0.5) is 14.5 Å². The summed E-state index contributed by atoms with van der Waals surface area (Å²) in [6, 6.07) is 15.9. The molecule has 32 heavy (non-hydrogen) atoms. The summed E-state index contributed by atoms with van der Waals surface area (Å²) in [7, 11) is 0. The van der Waals surface area contributed by atoms with Crippen LogP contribution in [0.2, 0.25) is 0 Å². The van der Waals surface area contributed by atoms with Crippen molar-refractivity contribution in [3.8, 4) is 11.5 Å². The molecule has 1 N–H and O–H groups in total. The van der Waals surface area contributed by atoms with E-state index in [1.807, 2.05) is 0 Å². The molecule has 0 spiro atoms. The molecule has 0 saturated carbocycles. The van der Waals surface area contributed by atoms with E-state index in [1.165, 1.54) is 48.5 Å². The SMILES string of the molecule is O=C1C(Nc2ccc3c(c2)OCO3)=C(c2ccc(F)cc2)C(=O)N1Cc1ccc(F)cc1. The zero-order valence-electron chi connectivity index (χ0n) is 16.6. The fraction of sp³-hybridized carbons (Fsp3) is 0.0833. The van der Waals surface area contributed by atoms with Gasteiger partial charge in [-0.15, -0.1) is 0 Å². The van der Waals surface area contributed by atoms with Gasteiger partial charge < -0.3 is 14.8 Å². The number of fused-ring (bicyclic) bond motifs is 1. The van der Waals surface area contributed by atoms with Gasteiger partial charge in [-0.1, -0.05) is 24.3 Å². The van der Waals surface area contributed by atoms with Crippen molar-refractivity contribution in [2.75, 3.05) is 12.1 Å². The third-order valence-electron chi connectivity index (χ3n) is 5.20. The second-order valence-electron chi connectivity index (χ2n) is 7.27. The number of anilines is 1. The molecule has 2 aliphatic rings. The van der Waals surface area contributed by atoms with Crippen molar-refractivity contribution in [2.45, 2.75) is 6.54 Å². The van der Waals surface area contributed by atoms with E-state index in [0.717, 1.165) is 4.90 Å². The number of imide groups is 1. The Morgan fingerprint density at radius 1 is 0.812 bits per heavy atom. The van der Waals surface area contributed by atoms with Gasteiger partial charge in [0.15, 0.2) is 11.5 Å². The zero-order valence-corrected chi connectivity index (χ0v) is 16.6. The van der Waals surface area contributed by atoms with Gasteiger partial charge in [-0.3, -0.25) is 14.5 Å². The lowest BCUT2D eigenvalue weighted by molar-refractivity contribution is -0.137. The Labute approximate surface area is 181 Å². The second kappa shape index (κ2) is 7.81. The van der Waals surface area contributed by atoms with Crippen molar-refractivity contribution in [2.24, 2.45) is 0 Å². The standard InChI is InChI=1S/C24H16F2N2O4/c25-16-5-1-14(2-6-16)12-28-23(29)21(15-3-7-17(26)8-4-15)22(24(28)30)27-18-9-10-19-20(11-18)32-13-31-19/h1-11,27H,12-13H2. The Balaban J connectivity index is 1.52. The highest BCUT2D eigenvalue weighted by atomic mass is 19.1. The second-order valence-corrected chi connectivity index (χ2v) is 7.27. The molecule has 0 atom stereocenters. The highest BCUT2D eigenvalue weighted by molar-refractivity contribution is 6.36. The molecule has 0 unspecified atom stereocenters. The van der Waals surface area contributed by atoms with Gasteiger partial charge in [0.05, 0.1) is 12.1 Å². The van der Waals surface area contributed by atoms with Gasteiger partial charge in [0, 0.05) is 11.8 Å². The summed E-state index contributed by atoms with van der Waals surface area (Å²) in [6.45, 7) is 0.0696. The molecule has 6 nitrogen and oxygen atoms in total. The highest BCUT2D eigenvalue weighted by Crippen LogP contribution is 2.36. The largest absolute Gasteiger partial charge is 0.454 e. The van der Waals surface area contributed by atoms with E-state index >= 15 is 0 Å². The van der Waals surface area contributed by atoms with Crippen LogP contribution in [0.5, 0.6) is 11.5 Å². The summed E-state index contributed by atoms with van der Waals surface area (Å²) in [5.41, 5.74) is 1.69. The normalized spacial score (nSPS) is 15.0. The first kappa shape index (κ1) is 19.7. The van der Waals surface area contributed by atoms with E-state index in [-0.39, 0.29) is 24.6 Å². The van der Waals surface area contributed by atoms with Crippen molar-refractivity contribution >= 4 is 23.1 Å². The van der Waals surface area contributed by atoms with E-state index in [0.29, 0.717) is 28.3 Å². The maximum atomic E-state index is 13.5. The minimum atomic E-state index is -0.545. The first-order valence-electron chi connectivity index (χ1n) is 9.77. The molecule has 160 valence electrons. The smallest absolute Gasteiger partial charge is 0.278 e. The molecule has 5 rings (SSSR count). The predicted molar refractivity (Wildman–Crippen MR) is 111 cm³/mol. The average Bonchev–Trinajstić information content (AvgIpc) is 3.34. The first-order chi connectivity index (χ1) is 15.5. The zero-order chi connectivity index (χ0) is 22.2. The Bertz CT molecular complexity index is 1250. The summed E-state index contributed by atoms with van der Waals surface area (Å²) in [5, 5.41) is 3.02. The van der Waals surface area contributed by atoms with E-state index < -0.39 is 23.4 Å². The van der Waals surface area contributed by atoms with Crippen LogP contribution in [0.25, 0.3) is 5.57 Å². The third kappa shape index (κ3) is 3.56. The first-order valence-corrected chi connectivity index (χ1v) is 9.77. The van der Waals surface area contributed by atoms with Gasteiger partial charge in [-0.2, -0.15) is 0 Å². The van der Waals surface area contributed by atoms with E-state index in [4.69, 9.17) is 9.47 Å². The number of benzene rings is 3. The van der Waals surface area contributed by atoms with Crippen molar-refractivity contribution in [1.82, 2.24) is 4.90 Å². The molecule has 3 aromatic carbocycles. The Morgan fingerprint density at radius 2 is 1.47 bits per heavy atom. The van der Waals surface area contributed by atoms with Gasteiger partial charge in [0.2, 0.25) is 6.79 Å².